The second-order valence-corrected chi connectivity index (χ2v) is 5.22. The number of nitrogens with zero attached hydrogens (tertiary/aromatic N) is 1. The largest absolute Gasteiger partial charge is 0.372 e. The Hall–Kier alpha value is -0.610. The van der Waals surface area contributed by atoms with Crippen molar-refractivity contribution in [3.8, 4) is 0 Å². The highest BCUT2D eigenvalue weighted by molar-refractivity contribution is 5.77. The summed E-state index contributed by atoms with van der Waals surface area (Å²) in [5.74, 6) is 0.671. The van der Waals surface area contributed by atoms with Crippen molar-refractivity contribution in [3.05, 3.63) is 0 Å². The summed E-state index contributed by atoms with van der Waals surface area (Å²) in [7, 11) is 0. The highest BCUT2D eigenvalue weighted by atomic mass is 16.5. The number of ether oxygens (including phenoxy) is 1. The lowest BCUT2D eigenvalue weighted by Crippen LogP contribution is -2.51. The second kappa shape index (κ2) is 8.48. The molecule has 0 aliphatic carbocycles. The van der Waals surface area contributed by atoms with Gasteiger partial charge in [-0.25, -0.2) is 0 Å². The predicted octanol–water partition coefficient (Wildman–Crippen LogP) is 1.65. The van der Waals surface area contributed by atoms with Gasteiger partial charge in [0.25, 0.3) is 0 Å². The van der Waals surface area contributed by atoms with Gasteiger partial charge in [-0.15, -0.1) is 0 Å². The number of carbonyl (C=O) groups is 1. The van der Waals surface area contributed by atoms with E-state index in [-0.39, 0.29) is 12.5 Å². The van der Waals surface area contributed by atoms with Crippen LogP contribution in [0.3, 0.4) is 0 Å². The fourth-order valence-corrected chi connectivity index (χ4v) is 2.40. The summed E-state index contributed by atoms with van der Waals surface area (Å²) >= 11 is 0. The first kappa shape index (κ1) is 15.4. The van der Waals surface area contributed by atoms with Gasteiger partial charge in [0.05, 0.1) is 0 Å². The molecule has 1 aliphatic rings. The summed E-state index contributed by atoms with van der Waals surface area (Å²) in [6, 6.07) is 0.561. The first-order chi connectivity index (χ1) is 8.69. The molecule has 4 nitrogen and oxygen atoms in total. The number of piperidine rings is 1. The lowest BCUT2D eigenvalue weighted by molar-refractivity contribution is -0.138. The molecule has 1 rings (SSSR count). The highest BCUT2D eigenvalue weighted by Crippen LogP contribution is 2.17. The van der Waals surface area contributed by atoms with Crippen LogP contribution in [0.1, 0.15) is 40.0 Å². The second-order valence-electron chi connectivity index (χ2n) is 5.22. The first-order valence-electron chi connectivity index (χ1n) is 7.27. The molecule has 0 bridgehead atoms. The van der Waals surface area contributed by atoms with E-state index in [9.17, 15) is 4.79 Å². The van der Waals surface area contributed by atoms with Crippen molar-refractivity contribution in [1.29, 1.82) is 0 Å². The molecule has 1 fully saturated rings. The fraction of sp³-hybridized carbons (Fsp3) is 0.929. The topological polar surface area (TPSA) is 41.6 Å². The van der Waals surface area contributed by atoms with Gasteiger partial charge in [0.1, 0.15) is 6.61 Å². The molecule has 1 aliphatic heterocycles. The summed E-state index contributed by atoms with van der Waals surface area (Å²) in [6.45, 7) is 10.2. The Morgan fingerprint density at radius 1 is 1.39 bits per heavy atom. The molecule has 0 aromatic rings. The van der Waals surface area contributed by atoms with E-state index >= 15 is 0 Å². The molecule has 2 unspecified atom stereocenters. The molecule has 0 aromatic heterocycles. The van der Waals surface area contributed by atoms with Crippen LogP contribution in [-0.2, 0) is 9.53 Å². The number of hydrogen-bond donors (Lipinski definition) is 1. The van der Waals surface area contributed by atoms with Gasteiger partial charge in [0.15, 0.2) is 0 Å². The van der Waals surface area contributed by atoms with E-state index in [1.165, 1.54) is 0 Å². The first-order valence-corrected chi connectivity index (χ1v) is 7.27. The third-order valence-electron chi connectivity index (χ3n) is 3.49. The van der Waals surface area contributed by atoms with Crippen LogP contribution in [-0.4, -0.2) is 49.7 Å². The molecule has 2 atom stereocenters. The number of likely N-dealkylation sites (tertiary alicyclic amines) is 1. The van der Waals surface area contributed by atoms with Crippen molar-refractivity contribution in [2.24, 2.45) is 5.92 Å². The van der Waals surface area contributed by atoms with E-state index in [0.717, 1.165) is 38.9 Å². The molecule has 18 heavy (non-hydrogen) atoms. The summed E-state index contributed by atoms with van der Waals surface area (Å²) in [5, 5.41) is 3.56. The van der Waals surface area contributed by atoms with Crippen LogP contribution in [0, 0.1) is 5.92 Å². The molecular weight excluding hydrogens is 228 g/mol. The molecule has 0 radical (unpaired) electrons. The Labute approximate surface area is 111 Å². The molecular formula is C14H28N2O2. The summed E-state index contributed by atoms with van der Waals surface area (Å²) in [5.41, 5.74) is 0. The maximum Gasteiger partial charge on any atom is 0.248 e. The zero-order chi connectivity index (χ0) is 13.4. The minimum absolute atomic E-state index is 0.143. The normalized spacial score (nSPS) is 24.3. The molecule has 0 spiro atoms. The Balaban J connectivity index is 2.28. The third kappa shape index (κ3) is 4.94. The molecule has 106 valence electrons. The lowest BCUT2D eigenvalue weighted by Gasteiger charge is -2.37. The van der Waals surface area contributed by atoms with E-state index < -0.39 is 0 Å². The lowest BCUT2D eigenvalue weighted by atomic mass is 9.93. The Bertz CT molecular complexity index is 246. The average molecular weight is 256 g/mol. The standard InChI is InChI=1S/C14H28N2O2/c1-4-7-15-13-6-8-16(10-12(13)3)14(17)11-18-9-5-2/h12-13,15H,4-11H2,1-3H3. The minimum atomic E-state index is 0.143. The smallest absolute Gasteiger partial charge is 0.248 e. The number of carbonyl (C=O) groups excluding carboxylic acids is 1. The molecule has 4 heteroatoms. The van der Waals surface area contributed by atoms with E-state index in [0.29, 0.717) is 18.6 Å². The van der Waals surface area contributed by atoms with Crippen molar-refractivity contribution < 1.29 is 9.53 Å². The molecule has 0 aromatic carbocycles. The quantitative estimate of drug-likeness (QED) is 0.704. The Morgan fingerprint density at radius 2 is 2.17 bits per heavy atom. The van der Waals surface area contributed by atoms with Crippen LogP contribution in [0.15, 0.2) is 0 Å². The van der Waals surface area contributed by atoms with Crippen LogP contribution in [0.4, 0.5) is 0 Å². The van der Waals surface area contributed by atoms with Crippen molar-refractivity contribution in [2.45, 2.75) is 46.1 Å². The number of amides is 1. The summed E-state index contributed by atoms with van der Waals surface area (Å²) in [4.78, 5) is 13.9. The van der Waals surface area contributed by atoms with Crippen molar-refractivity contribution in [1.82, 2.24) is 10.2 Å². The van der Waals surface area contributed by atoms with Gasteiger partial charge in [-0.1, -0.05) is 20.8 Å². The van der Waals surface area contributed by atoms with E-state index in [4.69, 9.17) is 4.74 Å². The number of rotatable bonds is 7. The number of nitrogens with one attached hydrogen (secondary N) is 1. The van der Waals surface area contributed by atoms with Gasteiger partial charge >= 0.3 is 0 Å². The van der Waals surface area contributed by atoms with Crippen molar-refractivity contribution >= 4 is 5.91 Å². The zero-order valence-corrected chi connectivity index (χ0v) is 12.1. The third-order valence-corrected chi connectivity index (χ3v) is 3.49. The Kier molecular flexibility index (Phi) is 7.28. The van der Waals surface area contributed by atoms with Crippen molar-refractivity contribution in [2.75, 3.05) is 32.8 Å². The Morgan fingerprint density at radius 3 is 2.78 bits per heavy atom. The molecule has 1 heterocycles. The summed E-state index contributed by atoms with van der Waals surface area (Å²) < 4.78 is 5.32. The maximum atomic E-state index is 11.9. The van der Waals surface area contributed by atoms with Crippen LogP contribution in [0.5, 0.6) is 0 Å². The summed E-state index contributed by atoms with van der Waals surface area (Å²) in [6.07, 6.45) is 3.18. The van der Waals surface area contributed by atoms with Crippen LogP contribution >= 0.6 is 0 Å². The van der Waals surface area contributed by atoms with Gasteiger partial charge in [0.2, 0.25) is 5.91 Å². The average Bonchev–Trinajstić information content (AvgIpc) is 2.37. The molecule has 1 N–H and O–H groups in total. The van der Waals surface area contributed by atoms with Crippen molar-refractivity contribution in [3.63, 3.8) is 0 Å². The van der Waals surface area contributed by atoms with E-state index in [1.54, 1.807) is 0 Å². The van der Waals surface area contributed by atoms with Gasteiger partial charge in [-0.05, 0) is 31.7 Å². The van der Waals surface area contributed by atoms with E-state index in [2.05, 4.69) is 26.1 Å². The zero-order valence-electron chi connectivity index (χ0n) is 12.1. The van der Waals surface area contributed by atoms with Crippen LogP contribution < -0.4 is 5.32 Å². The van der Waals surface area contributed by atoms with Gasteiger partial charge in [0, 0.05) is 25.7 Å². The SMILES string of the molecule is CCCNC1CCN(C(=O)COCCC)CC1C. The van der Waals surface area contributed by atoms with Crippen LogP contribution in [0.2, 0.25) is 0 Å². The maximum absolute atomic E-state index is 11.9. The predicted molar refractivity (Wildman–Crippen MR) is 73.6 cm³/mol. The number of hydrogen-bond acceptors (Lipinski definition) is 3. The van der Waals surface area contributed by atoms with E-state index in [1.807, 2.05) is 4.90 Å². The monoisotopic (exact) mass is 256 g/mol. The fourth-order valence-electron chi connectivity index (χ4n) is 2.40. The molecule has 1 saturated heterocycles. The molecule has 1 amide bonds. The van der Waals surface area contributed by atoms with Gasteiger partial charge in [-0.3, -0.25) is 4.79 Å². The van der Waals surface area contributed by atoms with Crippen LogP contribution in [0.25, 0.3) is 0 Å². The minimum Gasteiger partial charge on any atom is -0.372 e. The van der Waals surface area contributed by atoms with Gasteiger partial charge in [-0.2, -0.15) is 0 Å². The van der Waals surface area contributed by atoms with Gasteiger partial charge < -0.3 is 15.0 Å². The highest BCUT2D eigenvalue weighted by Gasteiger charge is 2.27. The molecule has 0 saturated carbocycles.